The zero-order chi connectivity index (χ0) is 23.6. The number of aliphatic hydroxyl groups excluding tert-OH is 3. The Morgan fingerprint density at radius 3 is 2.12 bits per heavy atom. The van der Waals surface area contributed by atoms with Crippen molar-refractivity contribution in [1.29, 1.82) is 0 Å². The number of aromatic hydroxyl groups is 5. The Hall–Kier alpha value is -2.18. The molecule has 0 aliphatic carbocycles. The van der Waals surface area contributed by atoms with Gasteiger partial charge in [-0.15, -0.1) is 11.8 Å². The maximum atomic E-state index is 11.1. The average molecular weight is 487 g/mol. The molecule has 4 atom stereocenters. The maximum absolute atomic E-state index is 11.1. The lowest BCUT2D eigenvalue weighted by Gasteiger charge is -2.38. The molecule has 1 aliphatic rings. The molecule has 2 aromatic rings. The van der Waals surface area contributed by atoms with Crippen LogP contribution in [0.1, 0.15) is 40.2 Å². The Kier molecular flexibility index (Phi) is 7.78. The largest absolute Gasteiger partial charge is 0.507 e. The van der Waals surface area contributed by atoms with Gasteiger partial charge in [-0.25, -0.2) is 0 Å². The lowest BCUT2D eigenvalue weighted by Crippen LogP contribution is -2.34. The van der Waals surface area contributed by atoms with Crippen LogP contribution in [0.5, 0.6) is 34.5 Å². The van der Waals surface area contributed by atoms with Crippen molar-refractivity contribution in [2.24, 2.45) is 0 Å². The summed E-state index contributed by atoms with van der Waals surface area (Å²) in [7, 11) is 0. The van der Waals surface area contributed by atoms with Gasteiger partial charge in [0.25, 0.3) is 0 Å². The van der Waals surface area contributed by atoms with Crippen LogP contribution >= 0.6 is 23.5 Å². The summed E-state index contributed by atoms with van der Waals surface area (Å²) in [4.78, 5) is 0. The lowest BCUT2D eigenvalue weighted by molar-refractivity contribution is 0.0165. The zero-order valence-corrected chi connectivity index (χ0v) is 18.8. The summed E-state index contributed by atoms with van der Waals surface area (Å²) in [5.41, 5.74) is 0.772. The third-order valence-corrected chi connectivity index (χ3v) is 7.59. The van der Waals surface area contributed by atoms with Crippen molar-refractivity contribution in [1.82, 2.24) is 0 Å². The Balaban J connectivity index is 2.17. The molecule has 0 bridgehead atoms. The number of phenolic OH excluding ortho intramolecular Hbond substituents is 5. The van der Waals surface area contributed by atoms with Gasteiger partial charge in [-0.2, -0.15) is 11.8 Å². The van der Waals surface area contributed by atoms with E-state index >= 15 is 0 Å². The fourth-order valence-electron chi connectivity index (χ4n) is 3.71. The number of rotatable bonds is 8. The lowest BCUT2D eigenvalue weighted by atomic mass is 9.90. The molecule has 1 heterocycles. The molecule has 0 fully saturated rings. The molecular formula is C21H26O9S2. The van der Waals surface area contributed by atoms with Crippen molar-refractivity contribution in [2.45, 2.75) is 29.6 Å². The van der Waals surface area contributed by atoms with E-state index in [-0.39, 0.29) is 52.6 Å². The molecule has 0 radical (unpaired) electrons. The molecule has 32 heavy (non-hydrogen) atoms. The summed E-state index contributed by atoms with van der Waals surface area (Å²) in [5, 5.41) is 79.2. The molecule has 8 N–H and O–H groups in total. The van der Waals surface area contributed by atoms with E-state index < -0.39 is 34.7 Å². The van der Waals surface area contributed by atoms with Crippen LogP contribution in [0.3, 0.4) is 0 Å². The quantitative estimate of drug-likeness (QED) is 0.257. The maximum Gasteiger partial charge on any atom is 0.200 e. The number of thioether (sulfide) groups is 2. The van der Waals surface area contributed by atoms with E-state index in [1.54, 1.807) is 6.92 Å². The third kappa shape index (κ3) is 4.62. The fraction of sp³-hybridized carbons (Fsp3) is 0.429. The molecule has 0 amide bonds. The van der Waals surface area contributed by atoms with Gasteiger partial charge in [0.2, 0.25) is 0 Å². The van der Waals surface area contributed by atoms with Gasteiger partial charge in [-0.3, -0.25) is 0 Å². The molecular weight excluding hydrogens is 460 g/mol. The van der Waals surface area contributed by atoms with Crippen LogP contribution < -0.4 is 4.74 Å². The van der Waals surface area contributed by atoms with Crippen LogP contribution in [0.15, 0.2) is 18.2 Å². The number of aliphatic hydroxyl groups is 3. The number of ether oxygens (including phenoxy) is 1. The highest BCUT2D eigenvalue weighted by atomic mass is 32.2. The Morgan fingerprint density at radius 1 is 0.906 bits per heavy atom. The van der Waals surface area contributed by atoms with Gasteiger partial charge < -0.3 is 45.6 Å². The van der Waals surface area contributed by atoms with Gasteiger partial charge in [-0.1, -0.05) is 0 Å². The Morgan fingerprint density at radius 2 is 1.53 bits per heavy atom. The SMILES string of the molecule is C[C@H](SCCO)c1c(O)cc(O)c2c1O[C@H](c1cc(O)c(O)c(O)c1)[C@H](O)[C@H]2SCCO. The van der Waals surface area contributed by atoms with E-state index in [2.05, 4.69) is 0 Å². The molecule has 0 aromatic heterocycles. The monoisotopic (exact) mass is 486 g/mol. The molecule has 0 spiro atoms. The molecule has 2 aromatic carbocycles. The number of hydrogen-bond donors (Lipinski definition) is 8. The first-order valence-corrected chi connectivity index (χ1v) is 11.9. The minimum absolute atomic E-state index is 0.0702. The van der Waals surface area contributed by atoms with Gasteiger partial charge >= 0.3 is 0 Å². The molecule has 9 nitrogen and oxygen atoms in total. The van der Waals surface area contributed by atoms with E-state index in [1.165, 1.54) is 29.6 Å². The Bertz CT molecular complexity index is 946. The number of hydrogen-bond acceptors (Lipinski definition) is 11. The molecule has 3 rings (SSSR count). The summed E-state index contributed by atoms with van der Waals surface area (Å²) < 4.78 is 6.06. The van der Waals surface area contributed by atoms with Gasteiger partial charge in [0, 0.05) is 33.9 Å². The van der Waals surface area contributed by atoms with Crippen LogP contribution in [-0.2, 0) is 0 Å². The standard InChI is InChI=1S/C21H26O9S2/c1-9(31-4-2-22)15-11(24)8-12(25)16-20(15)30-19(18(29)21(16)32-5-3-23)10-6-13(26)17(28)14(27)7-10/h6-9,18-19,21-29H,2-5H2,1H3/t9-,18-,19+,21-/m0/s1. The van der Waals surface area contributed by atoms with Crippen LogP contribution in [0.4, 0.5) is 0 Å². The van der Waals surface area contributed by atoms with Crippen molar-refractivity contribution in [3.8, 4) is 34.5 Å². The molecule has 1 aliphatic heterocycles. The summed E-state index contributed by atoms with van der Waals surface area (Å²) in [6.07, 6.45) is -2.41. The van der Waals surface area contributed by atoms with Crippen LogP contribution in [0, 0.1) is 0 Å². The van der Waals surface area contributed by atoms with Gasteiger partial charge in [0.05, 0.1) is 24.0 Å². The highest BCUT2D eigenvalue weighted by Gasteiger charge is 2.43. The first kappa shape index (κ1) is 24.5. The van der Waals surface area contributed by atoms with E-state index in [1.807, 2.05) is 0 Å². The summed E-state index contributed by atoms with van der Waals surface area (Å²) in [6.45, 7) is 1.55. The number of fused-ring (bicyclic) bond motifs is 1. The summed E-state index contributed by atoms with van der Waals surface area (Å²) in [6, 6.07) is 3.47. The molecule has 0 saturated heterocycles. The third-order valence-electron chi connectivity index (χ3n) is 5.14. The van der Waals surface area contributed by atoms with Crippen LogP contribution in [0.2, 0.25) is 0 Å². The van der Waals surface area contributed by atoms with Crippen LogP contribution in [0.25, 0.3) is 0 Å². The van der Waals surface area contributed by atoms with Gasteiger partial charge in [0.1, 0.15) is 23.4 Å². The predicted octanol–water partition coefficient (Wildman–Crippen LogP) is 2.26. The molecule has 0 unspecified atom stereocenters. The van der Waals surface area contributed by atoms with Crippen molar-refractivity contribution in [3.63, 3.8) is 0 Å². The van der Waals surface area contributed by atoms with Crippen molar-refractivity contribution in [2.75, 3.05) is 24.7 Å². The predicted molar refractivity (Wildman–Crippen MR) is 121 cm³/mol. The van der Waals surface area contributed by atoms with Gasteiger partial charge in [-0.05, 0) is 19.1 Å². The summed E-state index contributed by atoms with van der Waals surface area (Å²) >= 11 is 2.53. The summed E-state index contributed by atoms with van der Waals surface area (Å²) in [5.74, 6) is -1.66. The second-order valence-electron chi connectivity index (χ2n) is 7.26. The van der Waals surface area contributed by atoms with Crippen molar-refractivity contribution >= 4 is 23.5 Å². The zero-order valence-electron chi connectivity index (χ0n) is 17.2. The van der Waals surface area contributed by atoms with E-state index in [4.69, 9.17) is 4.74 Å². The first-order valence-electron chi connectivity index (χ1n) is 9.84. The Labute approximate surface area is 192 Å². The first-order chi connectivity index (χ1) is 15.2. The molecule has 11 heteroatoms. The fourth-order valence-corrected chi connectivity index (χ4v) is 5.66. The topological polar surface area (TPSA) is 171 Å². The second-order valence-corrected chi connectivity index (χ2v) is 9.96. The van der Waals surface area contributed by atoms with Crippen LogP contribution in [-0.4, -0.2) is 71.7 Å². The highest BCUT2D eigenvalue weighted by Crippen LogP contribution is 2.57. The highest BCUT2D eigenvalue weighted by molar-refractivity contribution is 7.99. The molecule has 0 saturated carbocycles. The minimum atomic E-state index is -1.27. The second kappa shape index (κ2) is 10.2. The van der Waals surface area contributed by atoms with E-state index in [0.29, 0.717) is 11.3 Å². The average Bonchev–Trinajstić information content (AvgIpc) is 2.74. The smallest absolute Gasteiger partial charge is 0.200 e. The van der Waals surface area contributed by atoms with Crippen molar-refractivity contribution in [3.05, 3.63) is 34.9 Å². The number of benzene rings is 2. The normalized spacial score (nSPS) is 21.1. The minimum Gasteiger partial charge on any atom is -0.507 e. The van der Waals surface area contributed by atoms with Gasteiger partial charge in [0.15, 0.2) is 23.4 Å². The number of phenols is 5. The van der Waals surface area contributed by atoms with Crippen molar-refractivity contribution < 1.29 is 45.6 Å². The molecule has 176 valence electrons. The van der Waals surface area contributed by atoms with E-state index in [0.717, 1.165) is 12.1 Å². The van der Waals surface area contributed by atoms with E-state index in [9.17, 15) is 40.9 Å².